The molecule has 0 saturated heterocycles. The van der Waals surface area contributed by atoms with E-state index < -0.39 is 0 Å². The van der Waals surface area contributed by atoms with Gasteiger partial charge in [-0.15, -0.1) is 0 Å². The lowest BCUT2D eigenvalue weighted by Crippen LogP contribution is -2.26. The van der Waals surface area contributed by atoms with Crippen LogP contribution in [0.4, 0.5) is 0 Å². The molecule has 1 aromatic heterocycles. The van der Waals surface area contributed by atoms with Gasteiger partial charge in [0.05, 0.1) is 12.1 Å². The number of benzene rings is 1. The fraction of sp³-hybridized carbons (Fsp3) is 0.200. The Kier molecular flexibility index (Phi) is 1.53. The van der Waals surface area contributed by atoms with E-state index in [1.165, 1.54) is 0 Å². The maximum atomic E-state index is 4.42. The molecule has 1 N–H and O–H groups in total. The first-order valence-corrected chi connectivity index (χ1v) is 4.66. The van der Waals surface area contributed by atoms with Crippen molar-refractivity contribution in [1.82, 2.24) is 15.1 Å². The van der Waals surface area contributed by atoms with Crippen LogP contribution in [0.2, 0.25) is 0 Å². The Hall–Kier alpha value is -1.84. The van der Waals surface area contributed by atoms with Crippen molar-refractivity contribution in [3.63, 3.8) is 0 Å². The van der Waals surface area contributed by atoms with Crippen molar-refractivity contribution in [1.29, 1.82) is 0 Å². The highest BCUT2D eigenvalue weighted by Crippen LogP contribution is 2.10. The van der Waals surface area contributed by atoms with Gasteiger partial charge in [-0.3, -0.25) is 0 Å². The molecule has 2 aromatic rings. The minimum absolute atomic E-state index is 0.839. The van der Waals surface area contributed by atoms with Gasteiger partial charge in [0.1, 0.15) is 0 Å². The standard InChI is InChI=1S/C10H10N4/c1-2-4-9-8(3-1)7-14(13-9)10-11-5-6-12-10/h1-4,7H,5-6H2,(H,11,12). The maximum absolute atomic E-state index is 4.42. The molecule has 0 unspecified atom stereocenters. The quantitative estimate of drug-likeness (QED) is 0.662. The number of fused-ring (bicyclic) bond motifs is 1. The summed E-state index contributed by atoms with van der Waals surface area (Å²) in [6.45, 7) is 1.75. The lowest BCUT2D eigenvalue weighted by atomic mass is 10.3. The van der Waals surface area contributed by atoms with E-state index in [1.807, 2.05) is 30.5 Å². The topological polar surface area (TPSA) is 42.2 Å². The molecule has 0 fully saturated rings. The number of aromatic nitrogens is 2. The van der Waals surface area contributed by atoms with Gasteiger partial charge < -0.3 is 5.32 Å². The number of nitrogens with zero attached hydrogens (tertiary/aromatic N) is 3. The van der Waals surface area contributed by atoms with Crippen molar-refractivity contribution in [2.75, 3.05) is 13.1 Å². The molecule has 0 spiro atoms. The summed E-state index contributed by atoms with van der Waals surface area (Å²) in [7, 11) is 0. The zero-order valence-corrected chi connectivity index (χ0v) is 7.64. The van der Waals surface area contributed by atoms with E-state index in [-0.39, 0.29) is 0 Å². The number of nitrogens with one attached hydrogen (secondary N) is 1. The second kappa shape index (κ2) is 2.83. The summed E-state index contributed by atoms with van der Waals surface area (Å²) in [5.41, 5.74) is 1.00. The molecule has 4 heteroatoms. The van der Waals surface area contributed by atoms with E-state index in [2.05, 4.69) is 15.4 Å². The zero-order chi connectivity index (χ0) is 9.38. The third-order valence-corrected chi connectivity index (χ3v) is 2.29. The van der Waals surface area contributed by atoms with Crippen LogP contribution >= 0.6 is 0 Å². The molecular formula is C10H10N4. The van der Waals surface area contributed by atoms with Crippen LogP contribution in [0.25, 0.3) is 10.9 Å². The lowest BCUT2D eigenvalue weighted by molar-refractivity contribution is 0.885. The van der Waals surface area contributed by atoms with Gasteiger partial charge in [0.15, 0.2) is 0 Å². The van der Waals surface area contributed by atoms with Crippen molar-refractivity contribution in [2.45, 2.75) is 0 Å². The molecule has 0 radical (unpaired) electrons. The van der Waals surface area contributed by atoms with Crippen molar-refractivity contribution < 1.29 is 0 Å². The van der Waals surface area contributed by atoms with E-state index in [9.17, 15) is 0 Å². The molecule has 0 bridgehead atoms. The van der Waals surface area contributed by atoms with E-state index in [0.717, 1.165) is 30.0 Å². The maximum Gasteiger partial charge on any atom is 0.219 e. The van der Waals surface area contributed by atoms with Crippen molar-refractivity contribution in [3.8, 4) is 0 Å². The number of hydrogen-bond acceptors (Lipinski definition) is 3. The summed E-state index contributed by atoms with van der Waals surface area (Å²) in [5, 5.41) is 8.74. The molecule has 4 nitrogen and oxygen atoms in total. The molecule has 0 amide bonds. The Bertz CT molecular complexity index is 465. The number of hydrogen-bond donors (Lipinski definition) is 1. The Labute approximate surface area is 81.3 Å². The molecule has 1 aliphatic rings. The predicted octanol–water partition coefficient (Wildman–Crippen LogP) is 0.844. The van der Waals surface area contributed by atoms with Crippen molar-refractivity contribution in [3.05, 3.63) is 30.5 Å². The fourth-order valence-corrected chi connectivity index (χ4v) is 1.61. The molecule has 1 aliphatic heterocycles. The summed E-state index contributed by atoms with van der Waals surface area (Å²) >= 11 is 0. The van der Waals surface area contributed by atoms with Gasteiger partial charge in [-0.1, -0.05) is 18.2 Å². The SMILES string of the molecule is c1ccc2nn(C3=NCCN3)cc2c1. The normalized spacial score (nSPS) is 15.6. The smallest absolute Gasteiger partial charge is 0.219 e. The molecule has 2 heterocycles. The zero-order valence-electron chi connectivity index (χ0n) is 7.64. The molecular weight excluding hydrogens is 176 g/mol. The summed E-state index contributed by atoms with van der Waals surface area (Å²) in [6, 6.07) is 8.05. The van der Waals surface area contributed by atoms with Crippen LogP contribution in [0, 0.1) is 0 Å². The number of rotatable bonds is 0. The van der Waals surface area contributed by atoms with E-state index >= 15 is 0 Å². The van der Waals surface area contributed by atoms with Crippen molar-refractivity contribution >= 4 is 16.9 Å². The Morgan fingerprint density at radius 1 is 1.29 bits per heavy atom. The highest BCUT2D eigenvalue weighted by atomic mass is 15.4. The van der Waals surface area contributed by atoms with Crippen LogP contribution in [0.15, 0.2) is 35.5 Å². The second-order valence-corrected chi connectivity index (χ2v) is 3.26. The fourth-order valence-electron chi connectivity index (χ4n) is 1.61. The van der Waals surface area contributed by atoms with Gasteiger partial charge in [0.25, 0.3) is 0 Å². The molecule has 1 aromatic carbocycles. The summed E-state index contributed by atoms with van der Waals surface area (Å²) in [6.07, 6.45) is 1.99. The van der Waals surface area contributed by atoms with E-state index in [4.69, 9.17) is 0 Å². The largest absolute Gasteiger partial charge is 0.353 e. The molecule has 0 atom stereocenters. The van der Waals surface area contributed by atoms with Crippen LogP contribution in [0.3, 0.4) is 0 Å². The first kappa shape index (κ1) is 7.55. The van der Waals surface area contributed by atoms with Gasteiger partial charge in [0, 0.05) is 18.1 Å². The van der Waals surface area contributed by atoms with Gasteiger partial charge >= 0.3 is 0 Å². The molecule has 0 aliphatic carbocycles. The lowest BCUT2D eigenvalue weighted by Gasteiger charge is -1.98. The highest BCUT2D eigenvalue weighted by Gasteiger charge is 2.08. The first-order valence-electron chi connectivity index (χ1n) is 4.66. The Balaban J connectivity index is 2.14. The van der Waals surface area contributed by atoms with Crippen molar-refractivity contribution in [2.24, 2.45) is 4.99 Å². The molecule has 0 saturated carbocycles. The predicted molar refractivity (Wildman–Crippen MR) is 55.4 cm³/mol. The van der Waals surface area contributed by atoms with Crippen LogP contribution in [-0.4, -0.2) is 28.8 Å². The Morgan fingerprint density at radius 3 is 3.00 bits per heavy atom. The number of aliphatic imine (C=N–C) groups is 1. The van der Waals surface area contributed by atoms with Crippen LogP contribution < -0.4 is 5.32 Å². The average molecular weight is 186 g/mol. The summed E-state index contributed by atoms with van der Waals surface area (Å²) in [5.74, 6) is 0.848. The minimum Gasteiger partial charge on any atom is -0.353 e. The molecule has 70 valence electrons. The highest BCUT2D eigenvalue weighted by molar-refractivity contribution is 5.87. The van der Waals surface area contributed by atoms with Gasteiger partial charge in [-0.05, 0) is 6.07 Å². The minimum atomic E-state index is 0.839. The van der Waals surface area contributed by atoms with E-state index in [0.29, 0.717) is 0 Å². The van der Waals surface area contributed by atoms with Crippen LogP contribution in [-0.2, 0) is 0 Å². The first-order chi connectivity index (χ1) is 6.93. The monoisotopic (exact) mass is 186 g/mol. The summed E-state index contributed by atoms with van der Waals surface area (Å²) in [4.78, 5) is 4.31. The molecule has 14 heavy (non-hydrogen) atoms. The van der Waals surface area contributed by atoms with Crippen LogP contribution in [0.1, 0.15) is 0 Å². The molecule has 3 rings (SSSR count). The third-order valence-electron chi connectivity index (χ3n) is 2.29. The third kappa shape index (κ3) is 1.08. The average Bonchev–Trinajstić information content (AvgIpc) is 2.86. The van der Waals surface area contributed by atoms with Gasteiger partial charge in [-0.25, -0.2) is 9.67 Å². The van der Waals surface area contributed by atoms with Crippen LogP contribution in [0.5, 0.6) is 0 Å². The van der Waals surface area contributed by atoms with Gasteiger partial charge in [-0.2, -0.15) is 5.10 Å². The van der Waals surface area contributed by atoms with E-state index in [1.54, 1.807) is 4.68 Å². The second-order valence-electron chi connectivity index (χ2n) is 3.26. The van der Waals surface area contributed by atoms with Gasteiger partial charge in [0.2, 0.25) is 5.96 Å². The Morgan fingerprint density at radius 2 is 2.21 bits per heavy atom. The summed E-state index contributed by atoms with van der Waals surface area (Å²) < 4.78 is 1.80.